The maximum absolute atomic E-state index is 12.9. The molecule has 0 bridgehead atoms. The Labute approximate surface area is 144 Å². The van der Waals surface area contributed by atoms with Gasteiger partial charge >= 0.3 is 0 Å². The molecular formula is C18H18FN5O. The van der Waals surface area contributed by atoms with Gasteiger partial charge in [0.2, 0.25) is 5.95 Å². The molecule has 7 heteroatoms. The molecule has 2 heterocycles. The zero-order chi connectivity index (χ0) is 17.2. The fraction of sp³-hybridized carbons (Fsp3) is 0.278. The van der Waals surface area contributed by atoms with Crippen LogP contribution in [0.25, 0.3) is 5.65 Å². The number of amides is 1. The number of hydrogen-bond donors (Lipinski definition) is 2. The Bertz CT molecular complexity index is 899. The van der Waals surface area contributed by atoms with Crippen LogP contribution in [0.5, 0.6) is 0 Å². The van der Waals surface area contributed by atoms with Gasteiger partial charge in [0.15, 0.2) is 5.65 Å². The van der Waals surface area contributed by atoms with Crippen molar-refractivity contribution in [2.75, 3.05) is 10.6 Å². The van der Waals surface area contributed by atoms with Crippen LogP contribution in [0.1, 0.15) is 36.0 Å². The van der Waals surface area contributed by atoms with Crippen LogP contribution in [-0.2, 0) is 0 Å². The number of hydrogen-bond acceptors (Lipinski definition) is 4. The number of carbonyl (C=O) groups is 1. The smallest absolute Gasteiger partial charge is 0.258 e. The lowest BCUT2D eigenvalue weighted by Crippen LogP contribution is -2.14. The summed E-state index contributed by atoms with van der Waals surface area (Å²) in [5, 5.41) is 10.4. The highest BCUT2D eigenvalue weighted by Gasteiger charge is 2.15. The fourth-order valence-electron chi connectivity index (χ4n) is 3.11. The molecule has 4 rings (SSSR count). The average molecular weight is 339 g/mol. The van der Waals surface area contributed by atoms with Crippen LogP contribution in [-0.4, -0.2) is 26.5 Å². The maximum Gasteiger partial charge on any atom is 0.258 e. The Hall–Kier alpha value is -2.96. The first kappa shape index (κ1) is 15.6. The van der Waals surface area contributed by atoms with Crippen molar-refractivity contribution in [2.24, 2.45) is 0 Å². The minimum absolute atomic E-state index is 0.215. The summed E-state index contributed by atoms with van der Waals surface area (Å²) in [6, 6.07) is 9.71. The highest BCUT2D eigenvalue weighted by atomic mass is 19.1. The van der Waals surface area contributed by atoms with Crippen molar-refractivity contribution in [1.82, 2.24) is 14.6 Å². The van der Waals surface area contributed by atoms with Gasteiger partial charge in [-0.3, -0.25) is 10.1 Å². The molecule has 1 saturated carbocycles. The number of benzene rings is 1. The Morgan fingerprint density at radius 3 is 2.68 bits per heavy atom. The van der Waals surface area contributed by atoms with Gasteiger partial charge in [-0.05, 0) is 43.2 Å². The van der Waals surface area contributed by atoms with Crippen molar-refractivity contribution in [3.05, 3.63) is 54.0 Å². The number of anilines is 2. The number of fused-ring (bicyclic) bond motifs is 1. The van der Waals surface area contributed by atoms with E-state index in [0.29, 0.717) is 17.3 Å². The highest BCUT2D eigenvalue weighted by molar-refractivity contribution is 6.03. The van der Waals surface area contributed by atoms with Gasteiger partial charge in [-0.1, -0.05) is 12.8 Å². The summed E-state index contributed by atoms with van der Waals surface area (Å²) >= 11 is 0. The van der Waals surface area contributed by atoms with Crippen molar-refractivity contribution >= 4 is 23.2 Å². The third kappa shape index (κ3) is 3.45. The number of aromatic nitrogens is 3. The Morgan fingerprint density at radius 2 is 1.92 bits per heavy atom. The molecule has 128 valence electrons. The number of halogens is 1. The predicted octanol–water partition coefficient (Wildman–Crippen LogP) is 3.48. The summed E-state index contributed by atoms with van der Waals surface area (Å²) in [6.45, 7) is 0. The Kier molecular flexibility index (Phi) is 4.05. The number of nitrogens with one attached hydrogen (secondary N) is 2. The second-order valence-corrected chi connectivity index (χ2v) is 6.24. The van der Waals surface area contributed by atoms with Gasteiger partial charge in [-0.2, -0.15) is 4.98 Å². The lowest BCUT2D eigenvalue weighted by Gasteiger charge is -2.12. The van der Waals surface area contributed by atoms with Crippen molar-refractivity contribution in [1.29, 1.82) is 0 Å². The summed E-state index contributed by atoms with van der Waals surface area (Å²) in [7, 11) is 0. The van der Waals surface area contributed by atoms with Gasteiger partial charge in [0.25, 0.3) is 5.91 Å². The van der Waals surface area contributed by atoms with Crippen LogP contribution in [0, 0.1) is 5.82 Å². The number of nitrogens with zero attached hydrogens (tertiary/aromatic N) is 3. The third-order valence-corrected chi connectivity index (χ3v) is 4.40. The molecule has 0 atom stereocenters. The largest absolute Gasteiger partial charge is 0.382 e. The van der Waals surface area contributed by atoms with Crippen molar-refractivity contribution in [3.8, 4) is 0 Å². The van der Waals surface area contributed by atoms with E-state index in [4.69, 9.17) is 0 Å². The summed E-state index contributed by atoms with van der Waals surface area (Å²) in [5.41, 5.74) is 2.00. The lowest BCUT2D eigenvalue weighted by molar-refractivity contribution is 0.102. The van der Waals surface area contributed by atoms with Crippen LogP contribution >= 0.6 is 0 Å². The standard InChI is InChI=1S/C18H18FN5O/c19-13-7-5-12(6-8-13)17(25)22-18-21-16-11-15(9-10-24(16)23-18)20-14-3-1-2-4-14/h5-11,14,20H,1-4H2,(H,22,23,25). The fourth-order valence-corrected chi connectivity index (χ4v) is 3.11. The predicted molar refractivity (Wildman–Crippen MR) is 93.2 cm³/mol. The van der Waals surface area contributed by atoms with E-state index < -0.39 is 0 Å². The van der Waals surface area contributed by atoms with Crippen molar-refractivity contribution < 1.29 is 9.18 Å². The van der Waals surface area contributed by atoms with Gasteiger partial charge in [0.1, 0.15) is 5.82 Å². The molecule has 0 spiro atoms. The molecule has 0 radical (unpaired) electrons. The molecule has 1 aromatic carbocycles. The Balaban J connectivity index is 1.50. The van der Waals surface area contributed by atoms with Gasteiger partial charge < -0.3 is 5.32 Å². The van der Waals surface area contributed by atoms with Crippen molar-refractivity contribution in [3.63, 3.8) is 0 Å². The number of pyridine rings is 1. The van der Waals surface area contributed by atoms with Crippen molar-refractivity contribution in [2.45, 2.75) is 31.7 Å². The molecule has 0 saturated heterocycles. The molecule has 6 nitrogen and oxygen atoms in total. The molecule has 0 unspecified atom stereocenters. The highest BCUT2D eigenvalue weighted by Crippen LogP contribution is 2.23. The van der Waals surface area contributed by atoms with Gasteiger partial charge in [0, 0.05) is 29.6 Å². The minimum atomic E-state index is -0.385. The van der Waals surface area contributed by atoms with E-state index in [1.54, 1.807) is 4.52 Å². The number of rotatable bonds is 4. The first-order valence-corrected chi connectivity index (χ1v) is 8.37. The summed E-state index contributed by atoms with van der Waals surface area (Å²) in [5.74, 6) is -0.544. The van der Waals surface area contributed by atoms with Crippen LogP contribution in [0.2, 0.25) is 0 Å². The molecule has 1 aliphatic carbocycles. The van der Waals surface area contributed by atoms with E-state index in [0.717, 1.165) is 5.69 Å². The summed E-state index contributed by atoms with van der Waals surface area (Å²) < 4.78 is 14.5. The molecule has 2 N–H and O–H groups in total. The molecule has 2 aromatic heterocycles. The normalized spacial score (nSPS) is 14.8. The second kappa shape index (κ2) is 6.51. The van der Waals surface area contributed by atoms with Gasteiger partial charge in [-0.15, -0.1) is 5.10 Å². The van der Waals surface area contributed by atoms with E-state index in [2.05, 4.69) is 20.7 Å². The van der Waals surface area contributed by atoms with Crippen LogP contribution in [0.4, 0.5) is 16.0 Å². The first-order chi connectivity index (χ1) is 12.2. The van der Waals surface area contributed by atoms with Crippen LogP contribution < -0.4 is 10.6 Å². The van der Waals surface area contributed by atoms with Gasteiger partial charge in [-0.25, -0.2) is 8.91 Å². The monoisotopic (exact) mass is 339 g/mol. The quantitative estimate of drug-likeness (QED) is 0.763. The third-order valence-electron chi connectivity index (χ3n) is 4.40. The van der Waals surface area contributed by atoms with E-state index in [1.807, 2.05) is 18.3 Å². The molecule has 0 aliphatic heterocycles. The zero-order valence-electron chi connectivity index (χ0n) is 13.6. The lowest BCUT2D eigenvalue weighted by atomic mass is 10.2. The summed E-state index contributed by atoms with van der Waals surface area (Å²) in [6.07, 6.45) is 6.73. The maximum atomic E-state index is 12.9. The van der Waals surface area contributed by atoms with E-state index in [1.165, 1.54) is 49.9 Å². The minimum Gasteiger partial charge on any atom is -0.382 e. The van der Waals surface area contributed by atoms with E-state index in [9.17, 15) is 9.18 Å². The molecule has 25 heavy (non-hydrogen) atoms. The molecular weight excluding hydrogens is 321 g/mol. The molecule has 3 aromatic rings. The zero-order valence-corrected chi connectivity index (χ0v) is 13.6. The number of carbonyl (C=O) groups excluding carboxylic acids is 1. The van der Waals surface area contributed by atoms with E-state index in [-0.39, 0.29) is 17.7 Å². The Morgan fingerprint density at radius 1 is 1.16 bits per heavy atom. The average Bonchev–Trinajstić information content (AvgIpc) is 3.24. The topological polar surface area (TPSA) is 71.3 Å². The van der Waals surface area contributed by atoms with E-state index >= 15 is 0 Å². The van der Waals surface area contributed by atoms with Crippen LogP contribution in [0.3, 0.4) is 0 Å². The molecule has 1 aliphatic rings. The van der Waals surface area contributed by atoms with Gasteiger partial charge in [0.05, 0.1) is 0 Å². The SMILES string of the molecule is O=C(Nc1nc2cc(NC3CCCC3)ccn2n1)c1ccc(F)cc1. The van der Waals surface area contributed by atoms with Crippen LogP contribution in [0.15, 0.2) is 42.6 Å². The molecule has 1 fully saturated rings. The molecule has 1 amide bonds. The second-order valence-electron chi connectivity index (χ2n) is 6.24. The first-order valence-electron chi connectivity index (χ1n) is 8.37. The summed E-state index contributed by atoms with van der Waals surface area (Å²) in [4.78, 5) is 16.5.